The smallest absolute Gasteiger partial charge is 0.268 e. The number of rotatable bonds is 6. The van der Waals surface area contributed by atoms with E-state index in [1.165, 1.54) is 40.4 Å². The van der Waals surface area contributed by atoms with Crippen LogP contribution in [0, 0.1) is 12.7 Å². The van der Waals surface area contributed by atoms with E-state index >= 15 is 0 Å². The molecule has 7 nitrogen and oxygen atoms in total. The number of benzene rings is 2. The molecule has 3 heterocycles. The van der Waals surface area contributed by atoms with Crippen molar-refractivity contribution in [2.75, 3.05) is 11.1 Å². The van der Waals surface area contributed by atoms with Gasteiger partial charge in [0.05, 0.1) is 16.8 Å². The summed E-state index contributed by atoms with van der Waals surface area (Å²) < 4.78 is 19.7. The van der Waals surface area contributed by atoms with Gasteiger partial charge in [-0.1, -0.05) is 47.3 Å². The van der Waals surface area contributed by atoms with Crippen LogP contribution in [0.1, 0.15) is 4.88 Å². The summed E-state index contributed by atoms with van der Waals surface area (Å²) in [5.74, 6) is -0.315. The molecule has 0 bridgehead atoms. The van der Waals surface area contributed by atoms with E-state index in [1.807, 2.05) is 37.3 Å². The number of hydrogen-bond donors (Lipinski definition) is 1. The fourth-order valence-corrected chi connectivity index (χ4v) is 5.49. The fourth-order valence-electron chi connectivity index (χ4n) is 3.59. The summed E-state index contributed by atoms with van der Waals surface area (Å²) in [6, 6.07) is 16.7. The van der Waals surface area contributed by atoms with Gasteiger partial charge in [-0.3, -0.25) is 14.2 Å². The summed E-state index contributed by atoms with van der Waals surface area (Å²) in [6.07, 6.45) is 1.36. The zero-order valence-electron chi connectivity index (χ0n) is 17.8. The molecule has 3 aromatic heterocycles. The van der Waals surface area contributed by atoms with Gasteiger partial charge in [0.1, 0.15) is 16.9 Å². The Morgan fingerprint density at radius 3 is 2.62 bits per heavy atom. The summed E-state index contributed by atoms with van der Waals surface area (Å²) in [6.45, 7) is 1.91. The van der Waals surface area contributed by atoms with E-state index in [4.69, 9.17) is 9.51 Å². The molecule has 0 spiro atoms. The van der Waals surface area contributed by atoms with Crippen LogP contribution in [0.3, 0.4) is 0 Å². The van der Waals surface area contributed by atoms with E-state index in [9.17, 15) is 14.0 Å². The van der Waals surface area contributed by atoms with Crippen LogP contribution in [0.15, 0.2) is 81.4 Å². The Morgan fingerprint density at radius 2 is 1.91 bits per heavy atom. The van der Waals surface area contributed by atoms with Gasteiger partial charge in [-0.2, -0.15) is 0 Å². The molecule has 0 aliphatic rings. The number of amides is 1. The number of carbonyl (C=O) groups is 1. The van der Waals surface area contributed by atoms with Gasteiger partial charge in [-0.25, -0.2) is 9.37 Å². The van der Waals surface area contributed by atoms with E-state index in [0.29, 0.717) is 26.9 Å². The van der Waals surface area contributed by atoms with Crippen LogP contribution in [0.5, 0.6) is 0 Å². The van der Waals surface area contributed by atoms with Crippen LogP contribution < -0.4 is 10.9 Å². The minimum absolute atomic E-state index is 0.0207. The molecule has 34 heavy (non-hydrogen) atoms. The van der Waals surface area contributed by atoms with Gasteiger partial charge >= 0.3 is 0 Å². The highest BCUT2D eigenvalue weighted by Gasteiger charge is 2.21. The lowest BCUT2D eigenvalue weighted by molar-refractivity contribution is -0.113. The van der Waals surface area contributed by atoms with Crippen molar-refractivity contribution < 1.29 is 13.7 Å². The number of nitrogens with one attached hydrogen (secondary N) is 1. The summed E-state index contributed by atoms with van der Waals surface area (Å²) in [5.41, 5.74) is 1.87. The van der Waals surface area contributed by atoms with Crippen LogP contribution in [-0.2, 0) is 4.79 Å². The number of fused-ring (bicyclic) bond motifs is 1. The van der Waals surface area contributed by atoms with Gasteiger partial charge in [-0.05, 0) is 36.8 Å². The van der Waals surface area contributed by atoms with Crippen molar-refractivity contribution in [3.8, 4) is 16.8 Å². The lowest BCUT2D eigenvalue weighted by Gasteiger charge is -2.12. The second kappa shape index (κ2) is 9.24. The zero-order chi connectivity index (χ0) is 23.7. The fraction of sp³-hybridized carbons (Fsp3) is 0.0833. The van der Waals surface area contributed by atoms with Crippen molar-refractivity contribution in [3.05, 3.63) is 88.0 Å². The Morgan fingerprint density at radius 1 is 1.15 bits per heavy atom. The molecule has 170 valence electrons. The number of aromatic nitrogens is 3. The molecule has 0 fully saturated rings. The van der Waals surface area contributed by atoms with E-state index in [0.717, 1.165) is 27.8 Å². The number of hydrogen-bond acceptors (Lipinski definition) is 7. The normalized spacial score (nSPS) is 11.1. The molecule has 0 radical (unpaired) electrons. The molecule has 2 aromatic carbocycles. The molecule has 5 rings (SSSR count). The first-order valence-electron chi connectivity index (χ1n) is 10.2. The molecular formula is C24H17FN4O3S2. The van der Waals surface area contributed by atoms with Crippen molar-refractivity contribution in [3.63, 3.8) is 0 Å². The van der Waals surface area contributed by atoms with Gasteiger partial charge in [0.25, 0.3) is 5.56 Å². The topological polar surface area (TPSA) is 90.0 Å². The summed E-state index contributed by atoms with van der Waals surface area (Å²) in [7, 11) is 0. The van der Waals surface area contributed by atoms with Crippen molar-refractivity contribution in [2.24, 2.45) is 0 Å². The molecule has 10 heteroatoms. The Balaban J connectivity index is 1.61. The molecule has 0 aliphatic heterocycles. The standard InChI is InChI=1S/C24H17FN4O3S2/c1-14-20(15-7-9-16(25)10-8-15)21-22(34-14)27-24(29(23(21)31)17-5-3-2-4-6-17)33-13-19(30)26-18-11-12-32-28-18/h2-12H,13H2,1H3,(H,26,28,30). The Labute approximate surface area is 201 Å². The largest absolute Gasteiger partial charge is 0.363 e. The van der Waals surface area contributed by atoms with E-state index in [1.54, 1.807) is 12.1 Å². The number of nitrogens with zero attached hydrogens (tertiary/aromatic N) is 3. The molecule has 1 N–H and O–H groups in total. The first-order chi connectivity index (χ1) is 16.5. The maximum atomic E-state index is 13.8. The molecule has 5 aromatic rings. The van der Waals surface area contributed by atoms with Crippen molar-refractivity contribution >= 4 is 45.0 Å². The van der Waals surface area contributed by atoms with Crippen molar-refractivity contribution in [2.45, 2.75) is 12.1 Å². The number of para-hydroxylation sites is 1. The highest BCUT2D eigenvalue weighted by molar-refractivity contribution is 7.99. The lowest BCUT2D eigenvalue weighted by Crippen LogP contribution is -2.22. The van der Waals surface area contributed by atoms with Crippen molar-refractivity contribution in [1.29, 1.82) is 0 Å². The number of halogens is 1. The third-order valence-electron chi connectivity index (χ3n) is 5.06. The average Bonchev–Trinajstić information content (AvgIpc) is 3.46. The zero-order valence-corrected chi connectivity index (χ0v) is 19.5. The van der Waals surface area contributed by atoms with Gasteiger partial charge < -0.3 is 9.84 Å². The first kappa shape index (κ1) is 22.1. The minimum atomic E-state index is -0.344. The summed E-state index contributed by atoms with van der Waals surface area (Å²) in [5, 5.41) is 7.17. The van der Waals surface area contributed by atoms with Gasteiger partial charge in [0, 0.05) is 16.5 Å². The molecule has 0 aliphatic carbocycles. The number of carbonyl (C=O) groups excluding carboxylic acids is 1. The Bertz CT molecular complexity index is 1530. The Kier molecular flexibility index (Phi) is 5.99. The molecule has 0 atom stereocenters. The summed E-state index contributed by atoms with van der Waals surface area (Å²) in [4.78, 5) is 32.5. The molecule has 0 unspecified atom stereocenters. The van der Waals surface area contributed by atoms with E-state index in [-0.39, 0.29) is 23.0 Å². The van der Waals surface area contributed by atoms with Gasteiger partial charge in [0.15, 0.2) is 11.0 Å². The maximum Gasteiger partial charge on any atom is 0.268 e. The lowest BCUT2D eigenvalue weighted by atomic mass is 10.0. The highest BCUT2D eigenvalue weighted by atomic mass is 32.2. The second-order valence-corrected chi connectivity index (χ2v) is 9.46. The number of thiophene rings is 1. The van der Waals surface area contributed by atoms with Crippen LogP contribution in [0.25, 0.3) is 27.0 Å². The molecule has 0 saturated heterocycles. The third kappa shape index (κ3) is 4.25. The second-order valence-electron chi connectivity index (χ2n) is 7.31. The third-order valence-corrected chi connectivity index (χ3v) is 6.99. The van der Waals surface area contributed by atoms with E-state index < -0.39 is 0 Å². The quantitative estimate of drug-likeness (QED) is 0.256. The number of thioether (sulfide) groups is 1. The molecular weight excluding hydrogens is 475 g/mol. The average molecular weight is 493 g/mol. The van der Waals surface area contributed by atoms with Gasteiger partial charge in [0.2, 0.25) is 5.91 Å². The van der Waals surface area contributed by atoms with Crippen LogP contribution in [0.4, 0.5) is 10.2 Å². The predicted molar refractivity (Wildman–Crippen MR) is 131 cm³/mol. The summed E-state index contributed by atoms with van der Waals surface area (Å²) >= 11 is 2.55. The number of aryl methyl sites for hydroxylation is 1. The maximum absolute atomic E-state index is 13.8. The minimum Gasteiger partial charge on any atom is -0.363 e. The van der Waals surface area contributed by atoms with Crippen LogP contribution >= 0.6 is 23.1 Å². The van der Waals surface area contributed by atoms with Crippen LogP contribution in [-0.4, -0.2) is 26.4 Å². The predicted octanol–water partition coefficient (Wildman–Crippen LogP) is 5.28. The van der Waals surface area contributed by atoms with Crippen LogP contribution in [0.2, 0.25) is 0 Å². The molecule has 0 saturated carbocycles. The monoisotopic (exact) mass is 492 g/mol. The highest BCUT2D eigenvalue weighted by Crippen LogP contribution is 2.37. The van der Waals surface area contributed by atoms with E-state index in [2.05, 4.69) is 10.5 Å². The number of anilines is 1. The molecule has 1 amide bonds. The SMILES string of the molecule is Cc1sc2nc(SCC(=O)Nc3ccon3)n(-c3ccccc3)c(=O)c2c1-c1ccc(F)cc1. The van der Waals surface area contributed by atoms with Gasteiger partial charge in [-0.15, -0.1) is 11.3 Å². The Hall–Kier alpha value is -3.76. The first-order valence-corrected chi connectivity index (χ1v) is 12.0. The van der Waals surface area contributed by atoms with Crippen molar-refractivity contribution in [1.82, 2.24) is 14.7 Å².